The molecule has 0 aliphatic heterocycles. The molecule has 3 aromatic rings. The van der Waals surface area contributed by atoms with Crippen molar-refractivity contribution in [3.8, 4) is 5.69 Å². The summed E-state index contributed by atoms with van der Waals surface area (Å²) in [6.45, 7) is 4.27. The minimum Gasteiger partial charge on any atom is -0.324 e. The van der Waals surface area contributed by atoms with Gasteiger partial charge < -0.3 is 5.32 Å². The van der Waals surface area contributed by atoms with Crippen LogP contribution in [0.25, 0.3) is 5.69 Å². The maximum atomic E-state index is 12.7. The number of rotatable bonds is 8. The second-order valence-corrected chi connectivity index (χ2v) is 8.92. The summed E-state index contributed by atoms with van der Waals surface area (Å²) in [5, 5.41) is 7.16. The van der Waals surface area contributed by atoms with E-state index < -0.39 is 10.0 Å². The van der Waals surface area contributed by atoms with Gasteiger partial charge in [-0.15, -0.1) is 0 Å². The van der Waals surface area contributed by atoms with Crippen molar-refractivity contribution >= 4 is 33.2 Å². The Bertz CT molecular complexity index is 1110. The molecule has 3 rings (SSSR count). The van der Waals surface area contributed by atoms with Gasteiger partial charge in [-0.3, -0.25) is 4.79 Å². The predicted molar refractivity (Wildman–Crippen MR) is 117 cm³/mol. The molecule has 2 aromatic carbocycles. The molecule has 0 radical (unpaired) electrons. The minimum atomic E-state index is -3.65. The van der Waals surface area contributed by atoms with Crippen molar-refractivity contribution in [3.05, 3.63) is 71.5 Å². The van der Waals surface area contributed by atoms with E-state index in [4.69, 9.17) is 11.6 Å². The van der Waals surface area contributed by atoms with Crippen molar-refractivity contribution in [3.63, 3.8) is 0 Å². The van der Waals surface area contributed by atoms with E-state index in [1.165, 1.54) is 22.5 Å². The summed E-state index contributed by atoms with van der Waals surface area (Å²) in [6, 6.07) is 13.6. The fourth-order valence-electron chi connectivity index (χ4n) is 3.04. The number of halogens is 1. The first kappa shape index (κ1) is 22.0. The zero-order valence-electron chi connectivity index (χ0n) is 16.7. The van der Waals surface area contributed by atoms with Gasteiger partial charge in [-0.1, -0.05) is 37.6 Å². The highest BCUT2D eigenvalue weighted by Crippen LogP contribution is 2.27. The fraction of sp³-hybridized carbons (Fsp3) is 0.238. The topological polar surface area (TPSA) is 84.3 Å². The van der Waals surface area contributed by atoms with Gasteiger partial charge in [-0.2, -0.15) is 9.40 Å². The van der Waals surface area contributed by atoms with E-state index >= 15 is 0 Å². The molecular weight excluding hydrogens is 424 g/mol. The summed E-state index contributed by atoms with van der Waals surface area (Å²) in [7, 11) is -3.65. The first-order valence-corrected chi connectivity index (χ1v) is 11.4. The molecule has 0 saturated carbocycles. The van der Waals surface area contributed by atoms with Gasteiger partial charge in [0.2, 0.25) is 15.9 Å². The second kappa shape index (κ2) is 9.42. The molecule has 30 heavy (non-hydrogen) atoms. The maximum Gasteiger partial charge on any atom is 0.243 e. The number of anilines is 1. The molecular formula is C21H23ClN4O3S. The van der Waals surface area contributed by atoms with Crippen LogP contribution in [-0.2, 0) is 21.2 Å². The molecule has 1 N–H and O–H groups in total. The molecule has 9 heteroatoms. The number of hydrogen-bond acceptors (Lipinski definition) is 4. The summed E-state index contributed by atoms with van der Waals surface area (Å²) in [5.74, 6) is -0.291. The number of nitrogens with one attached hydrogen (secondary N) is 1. The molecule has 7 nitrogen and oxygen atoms in total. The predicted octanol–water partition coefficient (Wildman–Crippen LogP) is 3.74. The van der Waals surface area contributed by atoms with E-state index in [2.05, 4.69) is 10.4 Å². The molecule has 0 atom stereocenters. The van der Waals surface area contributed by atoms with Crippen LogP contribution >= 0.6 is 11.6 Å². The van der Waals surface area contributed by atoms with Crippen LogP contribution in [0.2, 0.25) is 5.02 Å². The van der Waals surface area contributed by atoms with E-state index in [-0.39, 0.29) is 27.9 Å². The fourth-order valence-corrected chi connectivity index (χ4v) is 4.69. The number of hydrogen-bond donors (Lipinski definition) is 1. The number of sulfonamides is 1. The molecule has 1 heterocycles. The molecule has 0 spiro atoms. The number of aromatic nitrogens is 2. The minimum absolute atomic E-state index is 0.0921. The van der Waals surface area contributed by atoms with Gasteiger partial charge in [0.05, 0.1) is 27.7 Å². The van der Waals surface area contributed by atoms with Crippen molar-refractivity contribution in [2.24, 2.45) is 0 Å². The molecule has 0 fully saturated rings. The molecule has 158 valence electrons. The van der Waals surface area contributed by atoms with E-state index in [0.717, 1.165) is 11.3 Å². The highest BCUT2D eigenvalue weighted by molar-refractivity contribution is 7.89. The summed E-state index contributed by atoms with van der Waals surface area (Å²) in [5.41, 5.74) is 1.97. The van der Waals surface area contributed by atoms with Gasteiger partial charge in [-0.05, 0) is 42.0 Å². The van der Waals surface area contributed by atoms with Gasteiger partial charge in [0.1, 0.15) is 0 Å². The highest BCUT2D eigenvalue weighted by Gasteiger charge is 2.22. The summed E-state index contributed by atoms with van der Waals surface area (Å²) < 4.78 is 28.5. The molecule has 0 saturated heterocycles. The molecule has 0 unspecified atom stereocenters. The SMILES string of the molecule is CCN(CC)S(=O)(=O)c1ccc(Cl)c(NC(=O)Cc2ccc(-n3cccn3)cc2)c1. The molecule has 0 aliphatic rings. The van der Waals surface area contributed by atoms with Crippen LogP contribution in [0.5, 0.6) is 0 Å². The average molecular weight is 447 g/mol. The standard InChI is InChI=1S/C21H23ClN4O3S/c1-3-25(4-2)30(28,29)18-10-11-19(22)20(15-18)24-21(27)14-16-6-8-17(9-7-16)26-13-5-12-23-26/h5-13,15H,3-4,14H2,1-2H3,(H,24,27). The maximum absolute atomic E-state index is 12.7. The Morgan fingerprint density at radius 2 is 1.83 bits per heavy atom. The summed E-state index contributed by atoms with van der Waals surface area (Å²) >= 11 is 6.19. The summed E-state index contributed by atoms with van der Waals surface area (Å²) in [4.78, 5) is 12.6. The number of benzene rings is 2. The Morgan fingerprint density at radius 1 is 1.13 bits per heavy atom. The van der Waals surface area contributed by atoms with Crippen LogP contribution in [0, 0.1) is 0 Å². The first-order valence-electron chi connectivity index (χ1n) is 9.53. The first-order chi connectivity index (χ1) is 14.3. The van der Waals surface area contributed by atoms with Gasteiger partial charge in [0.25, 0.3) is 0 Å². The van der Waals surface area contributed by atoms with Crippen LogP contribution in [0.1, 0.15) is 19.4 Å². The Hall–Kier alpha value is -2.68. The number of carbonyl (C=O) groups excluding carboxylic acids is 1. The Morgan fingerprint density at radius 3 is 2.43 bits per heavy atom. The van der Waals surface area contributed by atoms with Crippen molar-refractivity contribution in [1.29, 1.82) is 0 Å². The van der Waals surface area contributed by atoms with Crippen molar-refractivity contribution < 1.29 is 13.2 Å². The number of amides is 1. The van der Waals surface area contributed by atoms with E-state index in [0.29, 0.717) is 13.1 Å². The monoisotopic (exact) mass is 446 g/mol. The van der Waals surface area contributed by atoms with Crippen molar-refractivity contribution in [1.82, 2.24) is 14.1 Å². The lowest BCUT2D eigenvalue weighted by Gasteiger charge is -2.19. The Labute approximate surface area is 181 Å². The van der Waals surface area contributed by atoms with Gasteiger partial charge in [-0.25, -0.2) is 13.1 Å². The quantitative estimate of drug-likeness (QED) is 0.571. The van der Waals surface area contributed by atoms with E-state index in [1.54, 1.807) is 24.7 Å². The zero-order chi connectivity index (χ0) is 21.7. The van der Waals surface area contributed by atoms with Crippen LogP contribution in [-0.4, -0.2) is 41.5 Å². The number of carbonyl (C=O) groups is 1. The third-order valence-corrected chi connectivity index (χ3v) is 7.00. The highest BCUT2D eigenvalue weighted by atomic mass is 35.5. The lowest BCUT2D eigenvalue weighted by Crippen LogP contribution is -2.30. The normalized spacial score (nSPS) is 11.6. The zero-order valence-corrected chi connectivity index (χ0v) is 18.3. The lowest BCUT2D eigenvalue weighted by molar-refractivity contribution is -0.115. The van der Waals surface area contributed by atoms with Gasteiger partial charge in [0, 0.05) is 25.5 Å². The van der Waals surface area contributed by atoms with E-state index in [1.807, 2.05) is 36.5 Å². The van der Waals surface area contributed by atoms with Gasteiger partial charge >= 0.3 is 0 Å². The molecule has 0 aliphatic carbocycles. The molecule has 1 amide bonds. The van der Waals surface area contributed by atoms with Crippen molar-refractivity contribution in [2.75, 3.05) is 18.4 Å². The lowest BCUT2D eigenvalue weighted by atomic mass is 10.1. The van der Waals surface area contributed by atoms with Crippen LogP contribution < -0.4 is 5.32 Å². The van der Waals surface area contributed by atoms with Crippen molar-refractivity contribution in [2.45, 2.75) is 25.2 Å². The van der Waals surface area contributed by atoms with Gasteiger partial charge in [0.15, 0.2) is 0 Å². The van der Waals surface area contributed by atoms with Crippen LogP contribution in [0.15, 0.2) is 65.8 Å². The third kappa shape index (κ3) is 4.89. The summed E-state index contributed by atoms with van der Waals surface area (Å²) in [6.07, 6.45) is 3.66. The third-order valence-electron chi connectivity index (χ3n) is 4.63. The second-order valence-electron chi connectivity index (χ2n) is 6.57. The molecule has 0 bridgehead atoms. The van der Waals surface area contributed by atoms with E-state index in [9.17, 15) is 13.2 Å². The smallest absolute Gasteiger partial charge is 0.243 e. The average Bonchev–Trinajstić information content (AvgIpc) is 3.25. The Balaban J connectivity index is 1.73. The number of nitrogens with zero attached hydrogens (tertiary/aromatic N) is 3. The van der Waals surface area contributed by atoms with Crippen LogP contribution in [0.3, 0.4) is 0 Å². The molecule has 1 aromatic heterocycles. The Kier molecular flexibility index (Phi) is 6.91. The largest absolute Gasteiger partial charge is 0.324 e. The van der Waals surface area contributed by atoms with Crippen LogP contribution in [0.4, 0.5) is 5.69 Å².